The first-order valence-electron chi connectivity index (χ1n) is 16.6. The summed E-state index contributed by atoms with van der Waals surface area (Å²) in [4.78, 5) is 15.2. The van der Waals surface area contributed by atoms with Gasteiger partial charge >= 0.3 is 0 Å². The van der Waals surface area contributed by atoms with Crippen LogP contribution in [0.5, 0.6) is 0 Å². The van der Waals surface area contributed by atoms with E-state index >= 15 is 0 Å². The molecule has 0 saturated heterocycles. The van der Waals surface area contributed by atoms with Gasteiger partial charge in [0.15, 0.2) is 17.5 Å². The Hall–Kier alpha value is -6.85. The molecule has 0 spiro atoms. The van der Waals surface area contributed by atoms with Gasteiger partial charge in [0.2, 0.25) is 0 Å². The Morgan fingerprint density at radius 2 is 0.920 bits per heavy atom. The summed E-state index contributed by atoms with van der Waals surface area (Å²) in [5.41, 5.74) is 10.4. The molecule has 0 saturated carbocycles. The monoisotopic (exact) mass is 641 g/mol. The molecule has 0 amide bonds. The molecular weight excluding hydrogens is 615 g/mol. The normalized spacial score (nSPS) is 11.6. The van der Waals surface area contributed by atoms with Crippen LogP contribution in [-0.2, 0) is 0 Å². The molecule has 3 heterocycles. The molecule has 3 aromatic heterocycles. The van der Waals surface area contributed by atoms with Crippen LogP contribution in [0, 0.1) is 0 Å². The van der Waals surface area contributed by atoms with Gasteiger partial charge in [-0.2, -0.15) is 0 Å². The maximum atomic E-state index is 6.68. The highest BCUT2D eigenvalue weighted by atomic mass is 16.3. The smallest absolute Gasteiger partial charge is 0.164 e. The van der Waals surface area contributed by atoms with Crippen LogP contribution in [0.3, 0.4) is 0 Å². The standard InChI is InChI=1S/C45H27N3O2/c1-3-12-28(13-4-1)30-16-9-17-32(26-30)44-46-43(29-14-5-2-6-15-29)47-45(48-44)36-21-11-23-40-41(36)35-20-10-19-33(42(35)50-40)31-24-25-39-37(27-31)34-18-7-8-22-38(34)49-39/h1-27H. The molecular formula is C45H27N3O2. The fourth-order valence-electron chi connectivity index (χ4n) is 6.97. The third-order valence-corrected chi connectivity index (χ3v) is 9.35. The molecule has 10 aromatic rings. The lowest BCUT2D eigenvalue weighted by Gasteiger charge is -2.10. The summed E-state index contributed by atoms with van der Waals surface area (Å²) in [5.74, 6) is 1.81. The summed E-state index contributed by atoms with van der Waals surface area (Å²) in [6.45, 7) is 0. The number of aromatic nitrogens is 3. The fraction of sp³-hybridized carbons (Fsp3) is 0. The zero-order valence-corrected chi connectivity index (χ0v) is 26.7. The van der Waals surface area contributed by atoms with E-state index in [1.807, 2.05) is 72.8 Å². The first-order valence-corrected chi connectivity index (χ1v) is 16.6. The topological polar surface area (TPSA) is 65.0 Å². The second-order valence-electron chi connectivity index (χ2n) is 12.4. The Morgan fingerprint density at radius 1 is 0.320 bits per heavy atom. The van der Waals surface area contributed by atoms with Gasteiger partial charge in [-0.25, -0.2) is 15.0 Å². The van der Waals surface area contributed by atoms with Crippen LogP contribution in [-0.4, -0.2) is 15.0 Å². The minimum atomic E-state index is 0.587. The molecule has 5 nitrogen and oxygen atoms in total. The Kier molecular flexibility index (Phi) is 6.42. The minimum Gasteiger partial charge on any atom is -0.456 e. The Bertz CT molecular complexity index is 2870. The SMILES string of the molecule is c1ccc(-c2cccc(-c3nc(-c4ccccc4)nc(-c4cccc5oc6c(-c7ccc8oc9ccccc9c8c7)cccc6c45)n3)c2)cc1. The molecule has 10 rings (SSSR count). The van der Waals surface area contributed by atoms with Gasteiger partial charge in [0.25, 0.3) is 0 Å². The Balaban J connectivity index is 1.17. The maximum absolute atomic E-state index is 6.68. The van der Waals surface area contributed by atoms with Crippen molar-refractivity contribution < 1.29 is 8.83 Å². The molecule has 5 heteroatoms. The van der Waals surface area contributed by atoms with Crippen LogP contribution in [0.25, 0.3) is 100 Å². The molecule has 0 aliphatic heterocycles. The zero-order valence-electron chi connectivity index (χ0n) is 26.7. The van der Waals surface area contributed by atoms with Crippen molar-refractivity contribution in [3.8, 4) is 56.4 Å². The highest BCUT2D eigenvalue weighted by Crippen LogP contribution is 2.41. The van der Waals surface area contributed by atoms with E-state index in [0.29, 0.717) is 17.5 Å². The Morgan fingerprint density at radius 3 is 1.78 bits per heavy atom. The first-order chi connectivity index (χ1) is 24.8. The number of para-hydroxylation sites is 2. The van der Waals surface area contributed by atoms with E-state index in [9.17, 15) is 0 Å². The van der Waals surface area contributed by atoms with Crippen molar-refractivity contribution in [1.82, 2.24) is 15.0 Å². The minimum absolute atomic E-state index is 0.587. The molecule has 50 heavy (non-hydrogen) atoms. The third-order valence-electron chi connectivity index (χ3n) is 9.35. The third kappa shape index (κ3) is 4.67. The van der Waals surface area contributed by atoms with Crippen molar-refractivity contribution >= 4 is 43.9 Å². The van der Waals surface area contributed by atoms with Crippen molar-refractivity contribution in [2.45, 2.75) is 0 Å². The average molecular weight is 642 g/mol. The van der Waals surface area contributed by atoms with Gasteiger partial charge in [0.1, 0.15) is 22.3 Å². The highest BCUT2D eigenvalue weighted by Gasteiger charge is 2.20. The number of rotatable bonds is 5. The molecule has 0 N–H and O–H groups in total. The van der Waals surface area contributed by atoms with Crippen LogP contribution in [0.15, 0.2) is 173 Å². The van der Waals surface area contributed by atoms with Crippen LogP contribution in [0.1, 0.15) is 0 Å². The molecule has 0 aliphatic carbocycles. The first kappa shape index (κ1) is 28.2. The van der Waals surface area contributed by atoms with Gasteiger partial charge in [-0.15, -0.1) is 0 Å². The summed E-state index contributed by atoms with van der Waals surface area (Å²) >= 11 is 0. The number of furan rings is 2. The lowest BCUT2D eigenvalue weighted by molar-refractivity contribution is 0.668. The lowest BCUT2D eigenvalue weighted by atomic mass is 9.99. The number of benzene rings is 7. The zero-order chi connectivity index (χ0) is 33.0. The second-order valence-corrected chi connectivity index (χ2v) is 12.4. The molecule has 234 valence electrons. The number of nitrogens with zero attached hydrogens (tertiary/aromatic N) is 3. The molecule has 0 fully saturated rings. The lowest BCUT2D eigenvalue weighted by Crippen LogP contribution is -2.00. The van der Waals surface area contributed by atoms with Crippen molar-refractivity contribution in [3.05, 3.63) is 164 Å². The van der Waals surface area contributed by atoms with Gasteiger partial charge in [0, 0.05) is 43.8 Å². The number of hydrogen-bond acceptors (Lipinski definition) is 5. The maximum Gasteiger partial charge on any atom is 0.164 e. The van der Waals surface area contributed by atoms with Crippen LogP contribution >= 0.6 is 0 Å². The van der Waals surface area contributed by atoms with E-state index in [4.69, 9.17) is 23.8 Å². The van der Waals surface area contributed by atoms with E-state index in [2.05, 4.69) is 91.0 Å². The van der Waals surface area contributed by atoms with Crippen molar-refractivity contribution in [3.63, 3.8) is 0 Å². The largest absolute Gasteiger partial charge is 0.456 e. The van der Waals surface area contributed by atoms with Crippen LogP contribution in [0.2, 0.25) is 0 Å². The molecule has 0 unspecified atom stereocenters. The van der Waals surface area contributed by atoms with Crippen LogP contribution in [0.4, 0.5) is 0 Å². The van der Waals surface area contributed by atoms with Gasteiger partial charge < -0.3 is 8.83 Å². The predicted octanol–water partition coefficient (Wildman–Crippen LogP) is 12.0. The Labute approximate surface area is 287 Å². The second kappa shape index (κ2) is 11.4. The molecule has 0 atom stereocenters. The van der Waals surface area contributed by atoms with Crippen LogP contribution < -0.4 is 0 Å². The number of hydrogen-bond donors (Lipinski definition) is 0. The summed E-state index contributed by atoms with van der Waals surface area (Å²) in [5, 5.41) is 4.14. The average Bonchev–Trinajstić information content (AvgIpc) is 3.77. The van der Waals surface area contributed by atoms with Gasteiger partial charge in [-0.05, 0) is 47.0 Å². The van der Waals surface area contributed by atoms with Crippen molar-refractivity contribution in [1.29, 1.82) is 0 Å². The fourth-order valence-corrected chi connectivity index (χ4v) is 6.97. The quantitative estimate of drug-likeness (QED) is 0.187. The van der Waals surface area contributed by atoms with Crippen molar-refractivity contribution in [2.24, 2.45) is 0 Å². The van der Waals surface area contributed by atoms with E-state index in [1.165, 1.54) is 0 Å². The highest BCUT2D eigenvalue weighted by molar-refractivity contribution is 6.15. The molecule has 0 bridgehead atoms. The number of fused-ring (bicyclic) bond motifs is 6. The van der Waals surface area contributed by atoms with E-state index < -0.39 is 0 Å². The summed E-state index contributed by atoms with van der Waals surface area (Å²) in [6.07, 6.45) is 0. The van der Waals surface area contributed by atoms with E-state index in [-0.39, 0.29) is 0 Å². The van der Waals surface area contributed by atoms with Gasteiger partial charge in [0.05, 0.1) is 0 Å². The van der Waals surface area contributed by atoms with Crippen molar-refractivity contribution in [2.75, 3.05) is 0 Å². The summed E-state index contributed by atoms with van der Waals surface area (Å²) in [6, 6.07) is 55.7. The summed E-state index contributed by atoms with van der Waals surface area (Å²) < 4.78 is 12.8. The summed E-state index contributed by atoms with van der Waals surface area (Å²) in [7, 11) is 0. The molecule has 0 aliphatic rings. The van der Waals surface area contributed by atoms with E-state index in [0.717, 1.165) is 82.8 Å². The van der Waals surface area contributed by atoms with E-state index in [1.54, 1.807) is 0 Å². The molecule has 0 radical (unpaired) electrons. The molecule has 7 aromatic carbocycles. The van der Waals surface area contributed by atoms with Gasteiger partial charge in [-0.1, -0.05) is 133 Å². The predicted molar refractivity (Wildman–Crippen MR) is 202 cm³/mol. The van der Waals surface area contributed by atoms with Gasteiger partial charge in [-0.3, -0.25) is 0 Å².